The Morgan fingerprint density at radius 1 is 1.57 bits per heavy atom. The maximum atomic E-state index is 8.57. The molecule has 0 fully saturated rings. The molecule has 0 aliphatic heterocycles. The van der Waals surface area contributed by atoms with E-state index in [1.165, 1.54) is 0 Å². The highest BCUT2D eigenvalue weighted by molar-refractivity contribution is 5.38. The van der Waals surface area contributed by atoms with Crippen molar-refractivity contribution in [3.8, 4) is 6.07 Å². The first kappa shape index (κ1) is 10.5. The van der Waals surface area contributed by atoms with Gasteiger partial charge in [-0.25, -0.2) is 4.98 Å². The van der Waals surface area contributed by atoms with Crippen LogP contribution < -0.4 is 5.32 Å². The average Bonchev–Trinajstić information content (AvgIpc) is 2.26. The number of anilines is 1. The van der Waals surface area contributed by atoms with Crippen LogP contribution in [0, 0.1) is 17.2 Å². The molecule has 0 aromatic carbocycles. The Morgan fingerprint density at radius 2 is 2.36 bits per heavy atom. The van der Waals surface area contributed by atoms with Gasteiger partial charge in [-0.1, -0.05) is 20.3 Å². The predicted octanol–water partition coefficient (Wildman–Crippen LogP) is 2.41. The Kier molecular flexibility index (Phi) is 3.93. The van der Waals surface area contributed by atoms with E-state index in [9.17, 15) is 0 Å². The summed E-state index contributed by atoms with van der Waals surface area (Å²) in [6.07, 6.45) is 2.74. The molecule has 0 saturated heterocycles. The smallest absolute Gasteiger partial charge is 0.125 e. The van der Waals surface area contributed by atoms with Crippen LogP contribution in [0.4, 0.5) is 5.82 Å². The van der Waals surface area contributed by atoms with Crippen molar-refractivity contribution in [2.45, 2.75) is 20.3 Å². The summed E-state index contributed by atoms with van der Waals surface area (Å²) in [4.78, 5) is 4.12. The number of rotatable bonds is 4. The van der Waals surface area contributed by atoms with Crippen LogP contribution in [0.25, 0.3) is 0 Å². The van der Waals surface area contributed by atoms with Gasteiger partial charge in [0.25, 0.3) is 0 Å². The Hall–Kier alpha value is -1.56. The second-order valence-corrected chi connectivity index (χ2v) is 3.44. The van der Waals surface area contributed by atoms with Gasteiger partial charge in [0.15, 0.2) is 0 Å². The summed E-state index contributed by atoms with van der Waals surface area (Å²) in [7, 11) is 0. The van der Waals surface area contributed by atoms with Gasteiger partial charge < -0.3 is 5.32 Å². The van der Waals surface area contributed by atoms with Crippen LogP contribution in [0.3, 0.4) is 0 Å². The van der Waals surface area contributed by atoms with Crippen molar-refractivity contribution >= 4 is 5.82 Å². The first-order chi connectivity index (χ1) is 6.76. The number of hydrogen-bond acceptors (Lipinski definition) is 3. The molecule has 1 N–H and O–H groups in total. The number of hydrogen-bond donors (Lipinski definition) is 1. The van der Waals surface area contributed by atoms with E-state index in [1.807, 2.05) is 12.1 Å². The molecule has 0 spiro atoms. The van der Waals surface area contributed by atoms with Crippen molar-refractivity contribution in [1.29, 1.82) is 5.26 Å². The zero-order valence-corrected chi connectivity index (χ0v) is 8.62. The zero-order valence-electron chi connectivity index (χ0n) is 8.62. The van der Waals surface area contributed by atoms with Crippen molar-refractivity contribution in [1.82, 2.24) is 4.98 Å². The lowest BCUT2D eigenvalue weighted by Crippen LogP contribution is -2.10. The molecule has 3 heteroatoms. The quantitative estimate of drug-likeness (QED) is 0.791. The maximum absolute atomic E-state index is 8.57. The lowest BCUT2D eigenvalue weighted by Gasteiger charge is -2.10. The van der Waals surface area contributed by atoms with Gasteiger partial charge in [-0.15, -0.1) is 0 Å². The highest BCUT2D eigenvalue weighted by Crippen LogP contribution is 2.06. The Bertz CT molecular complexity index is 310. The minimum Gasteiger partial charge on any atom is -0.370 e. The summed E-state index contributed by atoms with van der Waals surface area (Å²) >= 11 is 0. The zero-order chi connectivity index (χ0) is 10.4. The standard InChI is InChI=1S/C11H15N3/c1-3-9(2)7-13-11-5-4-10(6-12)8-14-11/h4-5,8-9H,3,7H2,1-2H3,(H,13,14). The summed E-state index contributed by atoms with van der Waals surface area (Å²) in [5.74, 6) is 1.48. The highest BCUT2D eigenvalue weighted by Gasteiger charge is 1.99. The Morgan fingerprint density at radius 3 is 2.86 bits per heavy atom. The van der Waals surface area contributed by atoms with Crippen LogP contribution in [-0.4, -0.2) is 11.5 Å². The van der Waals surface area contributed by atoms with Gasteiger partial charge in [0.2, 0.25) is 0 Å². The number of aromatic nitrogens is 1. The lowest BCUT2D eigenvalue weighted by atomic mass is 10.1. The fraction of sp³-hybridized carbons (Fsp3) is 0.455. The van der Waals surface area contributed by atoms with Crippen LogP contribution in [0.5, 0.6) is 0 Å². The van der Waals surface area contributed by atoms with Crippen LogP contribution in [0.1, 0.15) is 25.8 Å². The van der Waals surface area contributed by atoms with E-state index in [1.54, 1.807) is 12.3 Å². The fourth-order valence-corrected chi connectivity index (χ4v) is 0.988. The first-order valence-corrected chi connectivity index (χ1v) is 4.86. The van der Waals surface area contributed by atoms with Crippen molar-refractivity contribution in [3.05, 3.63) is 23.9 Å². The molecule has 1 unspecified atom stereocenters. The van der Waals surface area contributed by atoms with E-state index >= 15 is 0 Å². The molecule has 1 atom stereocenters. The molecule has 14 heavy (non-hydrogen) atoms. The van der Waals surface area contributed by atoms with Gasteiger partial charge in [-0.3, -0.25) is 0 Å². The van der Waals surface area contributed by atoms with E-state index < -0.39 is 0 Å². The normalized spacial score (nSPS) is 11.8. The van der Waals surface area contributed by atoms with Crippen LogP contribution in [-0.2, 0) is 0 Å². The maximum Gasteiger partial charge on any atom is 0.125 e. The van der Waals surface area contributed by atoms with Gasteiger partial charge in [-0.05, 0) is 18.1 Å². The molecule has 0 aliphatic carbocycles. The Labute approximate surface area is 84.8 Å². The number of nitrogens with one attached hydrogen (secondary N) is 1. The summed E-state index contributed by atoms with van der Waals surface area (Å²) in [6, 6.07) is 5.64. The first-order valence-electron chi connectivity index (χ1n) is 4.86. The molecule has 1 aromatic heterocycles. The second-order valence-electron chi connectivity index (χ2n) is 3.44. The van der Waals surface area contributed by atoms with Crippen LogP contribution >= 0.6 is 0 Å². The Balaban J connectivity index is 2.49. The molecule has 0 amide bonds. The molecule has 0 saturated carbocycles. The minimum absolute atomic E-state index is 0.596. The third kappa shape index (κ3) is 3.06. The highest BCUT2D eigenvalue weighted by atomic mass is 15.0. The number of nitrogens with zero attached hydrogens (tertiary/aromatic N) is 2. The van der Waals surface area contributed by atoms with Crippen molar-refractivity contribution in [3.63, 3.8) is 0 Å². The van der Waals surface area contributed by atoms with Gasteiger partial charge >= 0.3 is 0 Å². The van der Waals surface area contributed by atoms with E-state index in [2.05, 4.69) is 24.1 Å². The molecule has 1 rings (SSSR count). The number of nitriles is 1. The van der Waals surface area contributed by atoms with Gasteiger partial charge in [-0.2, -0.15) is 5.26 Å². The number of pyridine rings is 1. The van der Waals surface area contributed by atoms with Gasteiger partial charge in [0.05, 0.1) is 5.56 Å². The fourth-order valence-electron chi connectivity index (χ4n) is 0.988. The molecule has 1 heterocycles. The van der Waals surface area contributed by atoms with E-state index in [0.717, 1.165) is 18.8 Å². The SMILES string of the molecule is CCC(C)CNc1ccc(C#N)cn1. The van der Waals surface area contributed by atoms with Gasteiger partial charge in [0.1, 0.15) is 11.9 Å². The molecular weight excluding hydrogens is 174 g/mol. The second kappa shape index (κ2) is 5.23. The third-order valence-corrected chi connectivity index (χ3v) is 2.22. The van der Waals surface area contributed by atoms with Crippen molar-refractivity contribution < 1.29 is 0 Å². The monoisotopic (exact) mass is 189 g/mol. The molecular formula is C11H15N3. The summed E-state index contributed by atoms with van der Waals surface area (Å²) in [5.41, 5.74) is 0.596. The van der Waals surface area contributed by atoms with Crippen LogP contribution in [0.15, 0.2) is 18.3 Å². The third-order valence-electron chi connectivity index (χ3n) is 2.22. The minimum atomic E-state index is 0.596. The molecule has 0 bridgehead atoms. The molecule has 74 valence electrons. The largest absolute Gasteiger partial charge is 0.370 e. The summed E-state index contributed by atoms with van der Waals surface area (Å²) in [5, 5.41) is 11.8. The lowest BCUT2D eigenvalue weighted by molar-refractivity contribution is 0.592. The topological polar surface area (TPSA) is 48.7 Å². The predicted molar refractivity (Wildman–Crippen MR) is 56.9 cm³/mol. The van der Waals surface area contributed by atoms with E-state index in [4.69, 9.17) is 5.26 Å². The molecule has 0 aliphatic rings. The summed E-state index contributed by atoms with van der Waals surface area (Å²) < 4.78 is 0. The van der Waals surface area contributed by atoms with Gasteiger partial charge in [0, 0.05) is 12.7 Å². The van der Waals surface area contributed by atoms with E-state index in [-0.39, 0.29) is 0 Å². The van der Waals surface area contributed by atoms with Crippen molar-refractivity contribution in [2.24, 2.45) is 5.92 Å². The molecule has 1 aromatic rings. The van der Waals surface area contributed by atoms with Crippen LogP contribution in [0.2, 0.25) is 0 Å². The average molecular weight is 189 g/mol. The summed E-state index contributed by atoms with van der Waals surface area (Å²) in [6.45, 7) is 5.28. The van der Waals surface area contributed by atoms with E-state index in [0.29, 0.717) is 11.5 Å². The van der Waals surface area contributed by atoms with Crippen molar-refractivity contribution in [2.75, 3.05) is 11.9 Å². The molecule has 0 radical (unpaired) electrons. The molecule has 3 nitrogen and oxygen atoms in total.